The number of aliphatic carboxylic acids is 1. The number of hydrogen-bond donors (Lipinski definition) is 3. The van der Waals surface area contributed by atoms with Crippen LogP contribution < -0.4 is 0 Å². The van der Waals surface area contributed by atoms with E-state index in [2.05, 4.69) is 32.9 Å². The van der Waals surface area contributed by atoms with Gasteiger partial charge in [-0.1, -0.05) is 303 Å². The van der Waals surface area contributed by atoms with Gasteiger partial charge >= 0.3 is 23.9 Å². The van der Waals surface area contributed by atoms with Crippen molar-refractivity contribution in [3.63, 3.8) is 0 Å². The fourth-order valence-electron chi connectivity index (χ4n) is 11.0. The van der Waals surface area contributed by atoms with E-state index in [0.29, 0.717) is 19.3 Å². The zero-order valence-electron chi connectivity index (χ0n) is 52.8. The molecule has 1 rings (SSSR count). The van der Waals surface area contributed by atoms with E-state index < -0.39 is 67.3 Å². The van der Waals surface area contributed by atoms with E-state index in [1.165, 1.54) is 238 Å². The van der Waals surface area contributed by atoms with Crippen molar-refractivity contribution in [3.05, 3.63) is 12.2 Å². The lowest BCUT2D eigenvalue weighted by atomic mass is 9.98. The standard InChI is InChI=1S/C69H128O12/c1-4-7-10-13-16-19-22-25-27-29-31-33-35-38-40-43-46-49-52-55-61(70)77-58-60(79-62(71)56-53-50-47-44-41-37-24-21-18-15-12-9-6-3)59-78-69-67(65(74)64(73)66(81-69)68(75)76)80-63(72)57-54-51-48-45-42-39-36-34-32-30-28-26-23-20-17-14-11-8-5-2/h25,27,60,64-67,69,73-74H,4-24,26,28-59H2,1-3H3,(H,75,76)/b27-25-. The van der Waals surface area contributed by atoms with Gasteiger partial charge in [0.2, 0.25) is 0 Å². The molecule has 81 heavy (non-hydrogen) atoms. The number of allylic oxidation sites excluding steroid dienone is 2. The Bertz CT molecular complexity index is 1460. The molecule has 0 amide bonds. The van der Waals surface area contributed by atoms with Crippen LogP contribution in [0.3, 0.4) is 0 Å². The van der Waals surface area contributed by atoms with Crippen LogP contribution in [0.2, 0.25) is 0 Å². The molecule has 0 aromatic rings. The molecule has 0 aromatic carbocycles. The van der Waals surface area contributed by atoms with Gasteiger partial charge < -0.3 is 39.0 Å². The number of hydrogen-bond acceptors (Lipinski definition) is 11. The molecule has 12 nitrogen and oxygen atoms in total. The summed E-state index contributed by atoms with van der Waals surface area (Å²) in [4.78, 5) is 51.4. The van der Waals surface area contributed by atoms with E-state index in [-0.39, 0.29) is 25.9 Å². The van der Waals surface area contributed by atoms with Crippen LogP contribution in [0.25, 0.3) is 0 Å². The summed E-state index contributed by atoms with van der Waals surface area (Å²) in [7, 11) is 0. The van der Waals surface area contributed by atoms with Crippen LogP contribution in [-0.2, 0) is 42.9 Å². The molecule has 476 valence electrons. The van der Waals surface area contributed by atoms with Gasteiger partial charge in [-0.3, -0.25) is 14.4 Å². The van der Waals surface area contributed by atoms with E-state index in [1.54, 1.807) is 0 Å². The number of carboxylic acids is 1. The summed E-state index contributed by atoms with van der Waals surface area (Å²) < 4.78 is 28.6. The molecule has 1 saturated heterocycles. The predicted molar refractivity (Wildman–Crippen MR) is 331 cm³/mol. The van der Waals surface area contributed by atoms with Crippen molar-refractivity contribution in [2.45, 2.75) is 391 Å². The SMILES string of the molecule is CCCCCCCC/C=C\CCCCCCCCCCCC(=O)OCC(COC1OC(C(=O)O)C(O)C(O)C1OC(=O)CCCCCCCCCCCCCCCCCCCCC)OC(=O)CCCCCCCCCCCCCCC. The highest BCUT2D eigenvalue weighted by Crippen LogP contribution is 2.27. The average Bonchev–Trinajstić information content (AvgIpc) is 3.45. The van der Waals surface area contributed by atoms with Gasteiger partial charge in [-0.2, -0.15) is 0 Å². The molecular formula is C69H128O12. The monoisotopic (exact) mass is 1150 g/mol. The van der Waals surface area contributed by atoms with Crippen molar-refractivity contribution in [1.29, 1.82) is 0 Å². The van der Waals surface area contributed by atoms with Crippen molar-refractivity contribution < 1.29 is 58.2 Å². The predicted octanol–water partition coefficient (Wildman–Crippen LogP) is 18.8. The first-order valence-corrected chi connectivity index (χ1v) is 34.7. The highest BCUT2D eigenvalue weighted by molar-refractivity contribution is 5.74. The largest absolute Gasteiger partial charge is 0.479 e. The summed E-state index contributed by atoms with van der Waals surface area (Å²) in [6.45, 7) is 6.06. The van der Waals surface area contributed by atoms with Crippen LogP contribution in [0.15, 0.2) is 12.2 Å². The van der Waals surface area contributed by atoms with Crippen molar-refractivity contribution >= 4 is 23.9 Å². The molecule has 0 saturated carbocycles. The molecule has 0 aliphatic carbocycles. The third kappa shape index (κ3) is 47.4. The maximum Gasteiger partial charge on any atom is 0.335 e. The van der Waals surface area contributed by atoms with Crippen molar-refractivity contribution in [1.82, 2.24) is 0 Å². The van der Waals surface area contributed by atoms with Gasteiger partial charge in [0.15, 0.2) is 24.6 Å². The average molecular weight is 1150 g/mol. The Morgan fingerprint density at radius 3 is 1.05 bits per heavy atom. The minimum Gasteiger partial charge on any atom is -0.479 e. The van der Waals surface area contributed by atoms with Gasteiger partial charge in [0, 0.05) is 19.3 Å². The Balaban J connectivity index is 2.59. The van der Waals surface area contributed by atoms with E-state index >= 15 is 0 Å². The van der Waals surface area contributed by atoms with Gasteiger partial charge in [0.25, 0.3) is 0 Å². The third-order valence-electron chi connectivity index (χ3n) is 16.3. The molecule has 0 spiro atoms. The number of ether oxygens (including phenoxy) is 5. The van der Waals surface area contributed by atoms with E-state index in [4.69, 9.17) is 23.7 Å². The maximum atomic E-state index is 13.2. The van der Waals surface area contributed by atoms with Gasteiger partial charge in [-0.25, -0.2) is 4.79 Å². The second-order valence-electron chi connectivity index (χ2n) is 24.2. The first-order chi connectivity index (χ1) is 39.6. The first kappa shape index (κ1) is 76.5. The van der Waals surface area contributed by atoms with Crippen molar-refractivity contribution in [2.75, 3.05) is 13.2 Å². The van der Waals surface area contributed by atoms with Crippen LogP contribution in [0.5, 0.6) is 0 Å². The minimum atomic E-state index is -1.90. The van der Waals surface area contributed by atoms with Crippen molar-refractivity contribution in [2.24, 2.45) is 0 Å². The second kappa shape index (κ2) is 57.9. The van der Waals surface area contributed by atoms with E-state index in [1.807, 2.05) is 0 Å². The number of aliphatic hydroxyl groups excluding tert-OH is 2. The lowest BCUT2D eigenvalue weighted by molar-refractivity contribution is -0.301. The molecule has 3 N–H and O–H groups in total. The maximum absolute atomic E-state index is 13.2. The smallest absolute Gasteiger partial charge is 0.335 e. The molecule has 0 radical (unpaired) electrons. The Morgan fingerprint density at radius 2 is 0.704 bits per heavy atom. The van der Waals surface area contributed by atoms with Gasteiger partial charge in [-0.15, -0.1) is 0 Å². The number of carbonyl (C=O) groups is 4. The number of carboxylic acid groups (broad SMARTS) is 1. The lowest BCUT2D eigenvalue weighted by Gasteiger charge is -2.40. The molecule has 12 heteroatoms. The van der Waals surface area contributed by atoms with E-state index in [9.17, 15) is 34.5 Å². The lowest BCUT2D eigenvalue weighted by Crippen LogP contribution is -2.61. The molecular weight excluding hydrogens is 1020 g/mol. The Kier molecular flexibility index (Phi) is 54.6. The van der Waals surface area contributed by atoms with Crippen molar-refractivity contribution in [3.8, 4) is 0 Å². The van der Waals surface area contributed by atoms with Crippen LogP contribution >= 0.6 is 0 Å². The highest BCUT2D eigenvalue weighted by Gasteiger charge is 2.50. The molecule has 1 aliphatic heterocycles. The quantitative estimate of drug-likeness (QED) is 0.0228. The second-order valence-corrected chi connectivity index (χ2v) is 24.2. The molecule has 1 aliphatic rings. The number of unbranched alkanes of at least 4 members (excludes halogenated alkanes) is 45. The molecule has 6 unspecified atom stereocenters. The fourth-order valence-corrected chi connectivity index (χ4v) is 11.0. The topological polar surface area (TPSA) is 175 Å². The summed E-state index contributed by atoms with van der Waals surface area (Å²) in [5, 5.41) is 31.6. The van der Waals surface area contributed by atoms with Crippen LogP contribution in [-0.4, -0.2) is 89.2 Å². The van der Waals surface area contributed by atoms with Gasteiger partial charge in [-0.05, 0) is 44.9 Å². The molecule has 0 bridgehead atoms. The number of carbonyl (C=O) groups excluding carboxylic acids is 3. The number of aliphatic hydroxyl groups is 2. The molecule has 0 aromatic heterocycles. The van der Waals surface area contributed by atoms with Gasteiger partial charge in [0.05, 0.1) is 6.61 Å². The summed E-state index contributed by atoms with van der Waals surface area (Å²) in [6.07, 6.45) is 54.6. The summed E-state index contributed by atoms with van der Waals surface area (Å²) in [6, 6.07) is 0. The Labute approximate surface area is 496 Å². The zero-order valence-corrected chi connectivity index (χ0v) is 52.8. The normalized spacial score (nSPS) is 17.7. The molecule has 1 fully saturated rings. The summed E-state index contributed by atoms with van der Waals surface area (Å²) in [5.41, 5.74) is 0. The Morgan fingerprint density at radius 1 is 0.395 bits per heavy atom. The van der Waals surface area contributed by atoms with Gasteiger partial charge in [0.1, 0.15) is 18.8 Å². The molecule has 6 atom stereocenters. The Hall–Kier alpha value is -2.54. The zero-order chi connectivity index (χ0) is 58.9. The van der Waals surface area contributed by atoms with E-state index in [0.717, 1.165) is 57.8 Å². The summed E-state index contributed by atoms with van der Waals surface area (Å²) >= 11 is 0. The number of esters is 3. The fraction of sp³-hybridized carbons (Fsp3) is 0.913. The highest BCUT2D eigenvalue weighted by atomic mass is 16.7. The van der Waals surface area contributed by atoms with Crippen LogP contribution in [0, 0.1) is 0 Å². The molecule has 1 heterocycles. The first-order valence-electron chi connectivity index (χ1n) is 34.7. The number of rotatable bonds is 61. The third-order valence-corrected chi connectivity index (χ3v) is 16.3. The van der Waals surface area contributed by atoms with Crippen LogP contribution in [0.1, 0.15) is 355 Å². The van der Waals surface area contributed by atoms with Crippen LogP contribution in [0.4, 0.5) is 0 Å². The minimum absolute atomic E-state index is 0.0698. The summed E-state index contributed by atoms with van der Waals surface area (Å²) in [5.74, 6) is -3.07.